The van der Waals surface area contributed by atoms with Crippen LogP contribution in [0.15, 0.2) is 0 Å². The Morgan fingerprint density at radius 1 is 1.24 bits per heavy atom. The summed E-state index contributed by atoms with van der Waals surface area (Å²) < 4.78 is 68.3. The van der Waals surface area contributed by atoms with Crippen molar-refractivity contribution in [2.45, 2.75) is 12.1 Å². The van der Waals surface area contributed by atoms with Crippen LogP contribution in [-0.2, 0) is 9.47 Å². The molecule has 0 aliphatic heterocycles. The van der Waals surface area contributed by atoms with Gasteiger partial charge in [0, 0.05) is 20.7 Å². The predicted octanol–water partition coefficient (Wildman–Crippen LogP) is 1.90. The number of halogens is 5. The molecule has 17 heavy (non-hydrogen) atoms. The lowest BCUT2D eigenvalue weighted by atomic mass is 10.3. The zero-order valence-electron chi connectivity index (χ0n) is 9.18. The number of carbonyl (C=O) groups excluding carboxylic acids is 1. The van der Waals surface area contributed by atoms with Crippen LogP contribution >= 0.6 is 0 Å². The van der Waals surface area contributed by atoms with Crippen LogP contribution < -0.4 is 0 Å². The molecule has 102 valence electrons. The molecule has 0 aromatic carbocycles. The van der Waals surface area contributed by atoms with Gasteiger partial charge in [-0.05, 0) is 0 Å². The fraction of sp³-hybridized carbons (Fsp3) is 0.875. The highest BCUT2D eigenvalue weighted by Gasteiger charge is 2.58. The van der Waals surface area contributed by atoms with Gasteiger partial charge in [-0.15, -0.1) is 0 Å². The van der Waals surface area contributed by atoms with Crippen molar-refractivity contribution in [1.29, 1.82) is 0 Å². The first-order valence-corrected chi connectivity index (χ1v) is 4.43. The Kier molecular flexibility index (Phi) is 5.59. The van der Waals surface area contributed by atoms with Crippen molar-refractivity contribution >= 4 is 6.09 Å². The molecule has 0 fully saturated rings. The molecule has 1 amide bonds. The van der Waals surface area contributed by atoms with E-state index in [0.717, 1.165) is 4.90 Å². The van der Waals surface area contributed by atoms with Crippen LogP contribution in [0.1, 0.15) is 0 Å². The third kappa shape index (κ3) is 5.16. The van der Waals surface area contributed by atoms with E-state index in [4.69, 9.17) is 0 Å². The molecular weight excluding hydrogens is 253 g/mol. The highest BCUT2D eigenvalue weighted by Crippen LogP contribution is 2.35. The first-order chi connectivity index (χ1) is 7.62. The highest BCUT2D eigenvalue weighted by atomic mass is 19.4. The summed E-state index contributed by atoms with van der Waals surface area (Å²) >= 11 is 0. The standard InChI is InChI=1S/C8H12F5NO3/c1-14(3-4-16-2)6(15)17-5-7(9,10)8(11,12)13/h3-5H2,1-2H3. The van der Waals surface area contributed by atoms with Crippen molar-refractivity contribution in [2.75, 3.05) is 33.9 Å². The maximum atomic E-state index is 12.4. The van der Waals surface area contributed by atoms with E-state index in [1.165, 1.54) is 14.2 Å². The molecule has 0 rings (SSSR count). The van der Waals surface area contributed by atoms with E-state index >= 15 is 0 Å². The number of alkyl halides is 5. The number of hydrogen-bond donors (Lipinski definition) is 0. The normalized spacial score (nSPS) is 12.4. The number of methoxy groups -OCH3 is 1. The summed E-state index contributed by atoms with van der Waals surface area (Å²) in [6.07, 6.45) is -7.01. The van der Waals surface area contributed by atoms with E-state index in [1.807, 2.05) is 0 Å². The molecule has 0 aliphatic carbocycles. The highest BCUT2D eigenvalue weighted by molar-refractivity contribution is 5.67. The molecule has 0 aliphatic rings. The third-order valence-electron chi connectivity index (χ3n) is 1.73. The molecule has 9 heteroatoms. The summed E-state index contributed by atoms with van der Waals surface area (Å²) in [6, 6.07) is 0. The van der Waals surface area contributed by atoms with E-state index in [2.05, 4.69) is 9.47 Å². The molecule has 4 nitrogen and oxygen atoms in total. The molecule has 0 saturated carbocycles. The van der Waals surface area contributed by atoms with Crippen molar-refractivity contribution in [1.82, 2.24) is 4.90 Å². The van der Waals surface area contributed by atoms with Crippen LogP contribution in [0.4, 0.5) is 26.7 Å². The summed E-state index contributed by atoms with van der Waals surface area (Å²) in [5, 5.41) is 0. The van der Waals surface area contributed by atoms with Gasteiger partial charge in [-0.3, -0.25) is 0 Å². The summed E-state index contributed by atoms with van der Waals surface area (Å²) in [7, 11) is 2.53. The van der Waals surface area contributed by atoms with Gasteiger partial charge in [-0.25, -0.2) is 4.79 Å². The molecule has 0 spiro atoms. The minimum absolute atomic E-state index is 0.0208. The number of likely N-dealkylation sites (N-methyl/N-ethyl adjacent to an activating group) is 1. The fourth-order valence-corrected chi connectivity index (χ4v) is 0.664. The van der Waals surface area contributed by atoms with Crippen molar-refractivity contribution in [2.24, 2.45) is 0 Å². The fourth-order valence-electron chi connectivity index (χ4n) is 0.664. The molecule has 0 radical (unpaired) electrons. The zero-order valence-corrected chi connectivity index (χ0v) is 9.18. The van der Waals surface area contributed by atoms with E-state index in [9.17, 15) is 26.7 Å². The second-order valence-electron chi connectivity index (χ2n) is 3.17. The molecule has 0 aromatic rings. The lowest BCUT2D eigenvalue weighted by Crippen LogP contribution is -2.43. The Labute approximate surface area is 94.3 Å². The topological polar surface area (TPSA) is 38.8 Å². The Balaban J connectivity index is 4.16. The minimum Gasteiger partial charge on any atom is -0.443 e. The number of hydrogen-bond acceptors (Lipinski definition) is 3. The maximum Gasteiger partial charge on any atom is 0.456 e. The predicted molar refractivity (Wildman–Crippen MR) is 46.9 cm³/mol. The number of rotatable bonds is 5. The van der Waals surface area contributed by atoms with Crippen LogP contribution in [0, 0.1) is 0 Å². The van der Waals surface area contributed by atoms with Gasteiger partial charge in [0.25, 0.3) is 0 Å². The van der Waals surface area contributed by atoms with Crippen molar-refractivity contribution in [3.05, 3.63) is 0 Å². The van der Waals surface area contributed by atoms with Gasteiger partial charge in [-0.1, -0.05) is 0 Å². The van der Waals surface area contributed by atoms with Gasteiger partial charge < -0.3 is 14.4 Å². The summed E-state index contributed by atoms with van der Waals surface area (Å²) in [5.74, 6) is -5.05. The molecule has 0 heterocycles. The average Bonchev–Trinajstić information content (AvgIpc) is 2.20. The monoisotopic (exact) mass is 265 g/mol. The molecule has 0 atom stereocenters. The third-order valence-corrected chi connectivity index (χ3v) is 1.73. The minimum atomic E-state index is -5.74. The second-order valence-corrected chi connectivity index (χ2v) is 3.17. The summed E-state index contributed by atoms with van der Waals surface area (Å²) in [5.41, 5.74) is 0. The quantitative estimate of drug-likeness (QED) is 0.713. The molecule has 0 N–H and O–H groups in total. The SMILES string of the molecule is COCCN(C)C(=O)OCC(F)(F)C(F)(F)F. The molecular formula is C8H12F5NO3. The Bertz CT molecular complexity index is 256. The van der Waals surface area contributed by atoms with Gasteiger partial charge in [0.2, 0.25) is 0 Å². The molecule has 0 aromatic heterocycles. The average molecular weight is 265 g/mol. The number of carbonyl (C=O) groups is 1. The number of amides is 1. The van der Waals surface area contributed by atoms with Crippen molar-refractivity contribution in [3.63, 3.8) is 0 Å². The van der Waals surface area contributed by atoms with Crippen LogP contribution in [-0.4, -0.2) is 57.0 Å². The molecule has 0 unspecified atom stereocenters. The number of ether oxygens (including phenoxy) is 2. The lowest BCUT2D eigenvalue weighted by Gasteiger charge is -2.21. The Hall–Kier alpha value is -1.12. The molecule has 0 saturated heterocycles. The van der Waals surface area contributed by atoms with Crippen LogP contribution in [0.2, 0.25) is 0 Å². The lowest BCUT2D eigenvalue weighted by molar-refractivity contribution is -0.292. The summed E-state index contributed by atoms with van der Waals surface area (Å²) in [4.78, 5) is 11.8. The van der Waals surface area contributed by atoms with Gasteiger partial charge in [-0.2, -0.15) is 22.0 Å². The van der Waals surface area contributed by atoms with Gasteiger partial charge in [0.15, 0.2) is 6.61 Å². The largest absolute Gasteiger partial charge is 0.456 e. The summed E-state index contributed by atoms with van der Waals surface area (Å²) in [6.45, 7) is -1.90. The van der Waals surface area contributed by atoms with E-state index < -0.39 is 24.8 Å². The van der Waals surface area contributed by atoms with Gasteiger partial charge in [0.1, 0.15) is 0 Å². The van der Waals surface area contributed by atoms with Gasteiger partial charge in [0.05, 0.1) is 6.61 Å². The van der Waals surface area contributed by atoms with Crippen molar-refractivity contribution in [3.8, 4) is 0 Å². The first-order valence-electron chi connectivity index (χ1n) is 4.43. The smallest absolute Gasteiger partial charge is 0.443 e. The Morgan fingerprint density at radius 2 is 1.76 bits per heavy atom. The van der Waals surface area contributed by atoms with Crippen LogP contribution in [0.25, 0.3) is 0 Å². The van der Waals surface area contributed by atoms with Crippen LogP contribution in [0.5, 0.6) is 0 Å². The second kappa shape index (κ2) is 5.99. The Morgan fingerprint density at radius 3 is 2.18 bits per heavy atom. The number of nitrogens with zero attached hydrogens (tertiary/aromatic N) is 1. The van der Waals surface area contributed by atoms with Crippen molar-refractivity contribution < 1.29 is 36.2 Å². The van der Waals surface area contributed by atoms with E-state index in [-0.39, 0.29) is 13.2 Å². The van der Waals surface area contributed by atoms with Crippen LogP contribution in [0.3, 0.4) is 0 Å². The molecule has 0 bridgehead atoms. The van der Waals surface area contributed by atoms with E-state index in [0.29, 0.717) is 0 Å². The zero-order chi connectivity index (χ0) is 13.7. The maximum absolute atomic E-state index is 12.4. The van der Waals surface area contributed by atoms with E-state index in [1.54, 1.807) is 0 Å². The first kappa shape index (κ1) is 15.9. The van der Waals surface area contributed by atoms with Gasteiger partial charge >= 0.3 is 18.2 Å².